The van der Waals surface area contributed by atoms with Crippen LogP contribution < -0.4 is 4.74 Å². The first-order chi connectivity index (χ1) is 7.22. The zero-order chi connectivity index (χ0) is 12.5. The van der Waals surface area contributed by atoms with E-state index in [1.807, 2.05) is 0 Å². The smallest absolute Gasteiger partial charge is 0.505 e. The molecule has 0 bridgehead atoms. The number of pyridine rings is 1. The fourth-order valence-electron chi connectivity index (χ4n) is 0.891. The van der Waals surface area contributed by atoms with E-state index in [1.54, 1.807) is 0 Å². The molecule has 9 heteroatoms. The molecule has 1 aromatic heterocycles. The molecule has 0 aliphatic heterocycles. The van der Waals surface area contributed by atoms with E-state index in [1.165, 1.54) is 22.6 Å². The summed E-state index contributed by atoms with van der Waals surface area (Å²) in [5.74, 6) is -2.22. The Morgan fingerprint density at radius 3 is 2.38 bits per heavy atom. The molecule has 0 atom stereocenters. The van der Waals surface area contributed by atoms with Gasteiger partial charge in [0.05, 0.1) is 6.20 Å². The van der Waals surface area contributed by atoms with E-state index in [-0.39, 0.29) is 3.70 Å². The average Bonchev–Trinajstić information content (AvgIpc) is 2.08. The molecule has 0 saturated heterocycles. The Balaban J connectivity index is 3.24. The van der Waals surface area contributed by atoms with Crippen LogP contribution in [0.2, 0.25) is 0 Å². The Bertz CT molecular complexity index is 395. The normalized spacial score (nSPS) is 11.9. The van der Waals surface area contributed by atoms with Gasteiger partial charge in [0.1, 0.15) is 9.26 Å². The number of aromatic nitrogens is 1. The van der Waals surface area contributed by atoms with E-state index < -0.39 is 29.9 Å². The number of aromatic hydroxyl groups is 1. The number of ether oxygens (including phenoxy) is 1. The Kier molecular flexibility index (Phi) is 3.76. The molecule has 16 heavy (non-hydrogen) atoms. The van der Waals surface area contributed by atoms with Gasteiger partial charge in [-0.25, -0.2) is 13.8 Å². The van der Waals surface area contributed by atoms with Gasteiger partial charge in [0, 0.05) is 0 Å². The van der Waals surface area contributed by atoms with Crippen molar-refractivity contribution in [2.45, 2.75) is 12.8 Å². The highest BCUT2D eigenvalue weighted by Crippen LogP contribution is 2.39. The summed E-state index contributed by atoms with van der Waals surface area (Å²) < 4.78 is 63.4. The van der Waals surface area contributed by atoms with Gasteiger partial charge in [0.2, 0.25) is 0 Å². The highest BCUT2D eigenvalue weighted by atomic mass is 127. The third-order valence-electron chi connectivity index (χ3n) is 1.46. The lowest BCUT2D eigenvalue weighted by molar-refractivity contribution is -0.275. The third kappa shape index (κ3) is 3.06. The minimum atomic E-state index is -5.12. The van der Waals surface area contributed by atoms with E-state index in [4.69, 9.17) is 5.11 Å². The summed E-state index contributed by atoms with van der Waals surface area (Å²) >= 11 is 1.41. The van der Waals surface area contributed by atoms with Crippen LogP contribution in [0.4, 0.5) is 22.0 Å². The maximum absolute atomic E-state index is 12.4. The molecule has 1 aromatic rings. The minimum Gasteiger partial charge on any atom is -0.505 e. The van der Waals surface area contributed by atoms with Crippen LogP contribution in [0, 0.1) is 3.70 Å². The molecule has 0 amide bonds. The number of hydrogen-bond donors (Lipinski definition) is 1. The molecule has 0 unspecified atom stereocenters. The lowest BCUT2D eigenvalue weighted by Gasteiger charge is -2.13. The molecule has 0 saturated carbocycles. The minimum absolute atomic E-state index is 0.234. The van der Waals surface area contributed by atoms with Crippen molar-refractivity contribution in [3.8, 4) is 11.5 Å². The quantitative estimate of drug-likeness (QED) is 0.503. The van der Waals surface area contributed by atoms with E-state index in [9.17, 15) is 22.0 Å². The Hall–Kier alpha value is -0.870. The summed E-state index contributed by atoms with van der Waals surface area (Å²) in [6, 6.07) is 0. The van der Waals surface area contributed by atoms with Crippen molar-refractivity contribution >= 4 is 22.6 Å². The van der Waals surface area contributed by atoms with Gasteiger partial charge in [-0.15, -0.1) is 13.2 Å². The molecular formula is C7H3F5INO2. The summed E-state index contributed by atoms with van der Waals surface area (Å²) in [4.78, 5) is 3.28. The first-order valence-electron chi connectivity index (χ1n) is 3.63. The highest BCUT2D eigenvalue weighted by molar-refractivity contribution is 14.1. The van der Waals surface area contributed by atoms with E-state index in [0.29, 0.717) is 6.20 Å². The zero-order valence-electron chi connectivity index (χ0n) is 7.23. The fraction of sp³-hybridized carbons (Fsp3) is 0.286. The average molecular weight is 355 g/mol. The fourth-order valence-corrected chi connectivity index (χ4v) is 1.32. The predicted octanol–water partition coefficient (Wildman–Crippen LogP) is 3.23. The summed E-state index contributed by atoms with van der Waals surface area (Å²) in [6.45, 7) is 0. The molecule has 0 spiro atoms. The van der Waals surface area contributed by atoms with Crippen LogP contribution in [0.5, 0.6) is 11.5 Å². The van der Waals surface area contributed by atoms with Crippen LogP contribution in [0.3, 0.4) is 0 Å². The molecule has 1 rings (SSSR count). The van der Waals surface area contributed by atoms with Crippen molar-refractivity contribution in [3.05, 3.63) is 15.5 Å². The first kappa shape index (κ1) is 13.2. The highest BCUT2D eigenvalue weighted by Gasteiger charge is 2.35. The van der Waals surface area contributed by atoms with Crippen molar-refractivity contribution in [1.29, 1.82) is 0 Å². The van der Waals surface area contributed by atoms with Crippen molar-refractivity contribution in [2.75, 3.05) is 0 Å². The number of halogens is 6. The van der Waals surface area contributed by atoms with Gasteiger partial charge < -0.3 is 9.84 Å². The topological polar surface area (TPSA) is 42.4 Å². The second kappa shape index (κ2) is 4.55. The first-order valence-corrected chi connectivity index (χ1v) is 4.71. The lowest BCUT2D eigenvalue weighted by Crippen LogP contribution is -2.18. The van der Waals surface area contributed by atoms with Crippen LogP contribution in [0.15, 0.2) is 6.20 Å². The number of hydrogen-bond acceptors (Lipinski definition) is 3. The van der Waals surface area contributed by atoms with Crippen LogP contribution in [0.1, 0.15) is 12.0 Å². The van der Waals surface area contributed by atoms with Gasteiger partial charge in [0.25, 0.3) is 6.43 Å². The standard InChI is InChI=1S/C7H3F5INO2/c8-5(9)3-2(16-7(10,11)12)1-14-6(13)4(3)15/h1,5,15H. The molecule has 1 heterocycles. The Morgan fingerprint density at radius 1 is 1.38 bits per heavy atom. The van der Waals surface area contributed by atoms with Crippen molar-refractivity contribution < 1.29 is 31.8 Å². The molecule has 1 N–H and O–H groups in total. The zero-order valence-corrected chi connectivity index (χ0v) is 9.38. The predicted molar refractivity (Wildman–Crippen MR) is 50.3 cm³/mol. The lowest BCUT2D eigenvalue weighted by atomic mass is 10.2. The maximum Gasteiger partial charge on any atom is 0.573 e. The molecule has 0 fully saturated rings. The van der Waals surface area contributed by atoms with E-state index >= 15 is 0 Å². The summed E-state index contributed by atoms with van der Waals surface area (Å²) in [6.07, 6.45) is -7.94. The molecule has 0 radical (unpaired) electrons. The van der Waals surface area contributed by atoms with Gasteiger partial charge in [-0.05, 0) is 22.6 Å². The van der Waals surface area contributed by atoms with Gasteiger partial charge in [0.15, 0.2) is 11.5 Å². The van der Waals surface area contributed by atoms with Gasteiger partial charge in [-0.2, -0.15) is 0 Å². The van der Waals surface area contributed by atoms with E-state index in [2.05, 4.69) is 9.72 Å². The second-order valence-corrected chi connectivity index (χ2v) is 3.55. The summed E-state index contributed by atoms with van der Waals surface area (Å²) in [7, 11) is 0. The maximum atomic E-state index is 12.4. The van der Waals surface area contributed by atoms with Crippen LogP contribution in [0.25, 0.3) is 0 Å². The van der Waals surface area contributed by atoms with Gasteiger partial charge in [-0.3, -0.25) is 0 Å². The number of rotatable bonds is 2. The molecular weight excluding hydrogens is 352 g/mol. The largest absolute Gasteiger partial charge is 0.573 e. The number of nitrogens with zero attached hydrogens (tertiary/aromatic N) is 1. The summed E-state index contributed by atoms with van der Waals surface area (Å²) in [5.41, 5.74) is -1.23. The van der Waals surface area contributed by atoms with Crippen LogP contribution >= 0.6 is 22.6 Å². The monoisotopic (exact) mass is 355 g/mol. The Labute approximate surface area is 99.4 Å². The molecule has 0 aliphatic rings. The Morgan fingerprint density at radius 2 is 1.94 bits per heavy atom. The van der Waals surface area contributed by atoms with Gasteiger partial charge in [-0.1, -0.05) is 0 Å². The molecule has 0 aliphatic carbocycles. The molecule has 90 valence electrons. The summed E-state index contributed by atoms with van der Waals surface area (Å²) in [5, 5.41) is 9.15. The number of alkyl halides is 5. The molecule has 0 aromatic carbocycles. The third-order valence-corrected chi connectivity index (χ3v) is 2.24. The second-order valence-electron chi connectivity index (χ2n) is 2.52. The van der Waals surface area contributed by atoms with Crippen molar-refractivity contribution in [1.82, 2.24) is 4.98 Å². The van der Waals surface area contributed by atoms with E-state index in [0.717, 1.165) is 0 Å². The molecule has 3 nitrogen and oxygen atoms in total. The van der Waals surface area contributed by atoms with Crippen molar-refractivity contribution in [3.63, 3.8) is 0 Å². The van der Waals surface area contributed by atoms with Crippen LogP contribution in [-0.4, -0.2) is 16.5 Å². The van der Waals surface area contributed by atoms with Crippen LogP contribution in [-0.2, 0) is 0 Å². The van der Waals surface area contributed by atoms with Crippen molar-refractivity contribution in [2.24, 2.45) is 0 Å². The van der Waals surface area contributed by atoms with Gasteiger partial charge >= 0.3 is 6.36 Å². The SMILES string of the molecule is Oc1c(I)ncc(OC(F)(F)F)c1C(F)F.